The molecule has 7 heteroatoms. The van der Waals surface area contributed by atoms with E-state index < -0.39 is 17.8 Å². The van der Waals surface area contributed by atoms with Crippen LogP contribution in [0.25, 0.3) is 0 Å². The lowest BCUT2D eigenvalue weighted by Gasteiger charge is -2.33. The highest BCUT2D eigenvalue weighted by Gasteiger charge is 2.32. The molecule has 1 unspecified atom stereocenters. The van der Waals surface area contributed by atoms with E-state index in [1.165, 1.54) is 17.2 Å². The Labute approximate surface area is 160 Å². The number of rotatable bonds is 4. The molecule has 1 aromatic heterocycles. The molecule has 6 nitrogen and oxygen atoms in total. The number of hydrogen-bond acceptors (Lipinski definition) is 4. The Kier molecular flexibility index (Phi) is 4.57. The summed E-state index contributed by atoms with van der Waals surface area (Å²) in [6, 6.07) is 14.4. The van der Waals surface area contributed by atoms with E-state index in [2.05, 4.69) is 5.32 Å². The molecule has 3 aromatic rings. The maximum Gasteiger partial charge on any atom is 0.291 e. The van der Waals surface area contributed by atoms with Gasteiger partial charge in [-0.2, -0.15) is 0 Å². The van der Waals surface area contributed by atoms with Crippen molar-refractivity contribution in [3.05, 3.63) is 78.0 Å². The molecule has 2 heterocycles. The van der Waals surface area contributed by atoms with Gasteiger partial charge in [-0.15, -0.1) is 0 Å². The fourth-order valence-corrected chi connectivity index (χ4v) is 3.05. The maximum atomic E-state index is 14.1. The van der Waals surface area contributed by atoms with Gasteiger partial charge in [-0.05, 0) is 43.3 Å². The van der Waals surface area contributed by atoms with E-state index in [-0.39, 0.29) is 18.2 Å². The minimum absolute atomic E-state index is 0.0573. The highest BCUT2D eigenvalue weighted by molar-refractivity contribution is 6.04. The molecule has 1 atom stereocenters. The van der Waals surface area contributed by atoms with Crippen molar-refractivity contribution in [1.82, 2.24) is 0 Å². The SMILES string of the molecule is CC1Oc2ccc(NC(=O)c3ccco3)cc2N(Cc2ccccc2F)C1=O. The number of benzene rings is 2. The molecule has 142 valence electrons. The molecule has 0 spiro atoms. The fraction of sp³-hybridized carbons (Fsp3) is 0.143. The van der Waals surface area contributed by atoms with E-state index in [9.17, 15) is 14.0 Å². The second-order valence-corrected chi connectivity index (χ2v) is 6.39. The first-order valence-electron chi connectivity index (χ1n) is 8.73. The Balaban J connectivity index is 1.66. The summed E-state index contributed by atoms with van der Waals surface area (Å²) < 4.78 is 24.9. The number of nitrogens with one attached hydrogen (secondary N) is 1. The van der Waals surface area contributed by atoms with E-state index in [1.807, 2.05) is 0 Å². The van der Waals surface area contributed by atoms with Crippen molar-refractivity contribution in [1.29, 1.82) is 0 Å². The first-order valence-corrected chi connectivity index (χ1v) is 8.73. The molecular formula is C21H17FN2O4. The van der Waals surface area contributed by atoms with Crippen molar-refractivity contribution < 1.29 is 23.1 Å². The lowest BCUT2D eigenvalue weighted by molar-refractivity contribution is -0.125. The van der Waals surface area contributed by atoms with E-state index in [1.54, 1.807) is 55.5 Å². The first kappa shape index (κ1) is 17.8. The number of anilines is 2. The molecule has 1 N–H and O–H groups in total. The molecule has 28 heavy (non-hydrogen) atoms. The summed E-state index contributed by atoms with van der Waals surface area (Å²) in [7, 11) is 0. The normalized spacial score (nSPS) is 15.7. The molecule has 0 aliphatic carbocycles. The van der Waals surface area contributed by atoms with Crippen molar-refractivity contribution in [2.75, 3.05) is 10.2 Å². The Morgan fingerprint density at radius 2 is 2.00 bits per heavy atom. The van der Waals surface area contributed by atoms with Gasteiger partial charge in [-0.3, -0.25) is 9.59 Å². The van der Waals surface area contributed by atoms with Gasteiger partial charge in [0.05, 0.1) is 18.5 Å². The quantitative estimate of drug-likeness (QED) is 0.743. The van der Waals surface area contributed by atoms with Crippen molar-refractivity contribution in [2.24, 2.45) is 0 Å². The monoisotopic (exact) mass is 380 g/mol. The lowest BCUT2D eigenvalue weighted by Crippen LogP contribution is -2.44. The Morgan fingerprint density at radius 1 is 1.18 bits per heavy atom. The number of nitrogens with zero attached hydrogens (tertiary/aromatic N) is 1. The highest BCUT2D eigenvalue weighted by Crippen LogP contribution is 2.37. The van der Waals surface area contributed by atoms with Crippen molar-refractivity contribution in [3.63, 3.8) is 0 Å². The summed E-state index contributed by atoms with van der Waals surface area (Å²) in [6.45, 7) is 1.70. The van der Waals surface area contributed by atoms with E-state index >= 15 is 0 Å². The largest absolute Gasteiger partial charge is 0.479 e. The number of halogens is 1. The van der Waals surface area contributed by atoms with Gasteiger partial charge in [-0.1, -0.05) is 18.2 Å². The van der Waals surface area contributed by atoms with Crippen LogP contribution in [0.15, 0.2) is 65.3 Å². The molecular weight excluding hydrogens is 363 g/mol. The summed E-state index contributed by atoms with van der Waals surface area (Å²) in [4.78, 5) is 26.4. The zero-order valence-electron chi connectivity index (χ0n) is 15.0. The number of carbonyl (C=O) groups is 2. The first-order chi connectivity index (χ1) is 13.5. The van der Waals surface area contributed by atoms with Crippen molar-refractivity contribution in [2.45, 2.75) is 19.6 Å². The average Bonchev–Trinajstić information content (AvgIpc) is 3.22. The van der Waals surface area contributed by atoms with Crippen molar-refractivity contribution in [3.8, 4) is 5.75 Å². The minimum Gasteiger partial charge on any atom is -0.479 e. The van der Waals surface area contributed by atoms with E-state index in [0.29, 0.717) is 22.7 Å². The molecule has 1 aliphatic rings. The van der Waals surface area contributed by atoms with Gasteiger partial charge in [0.1, 0.15) is 11.6 Å². The maximum absolute atomic E-state index is 14.1. The lowest BCUT2D eigenvalue weighted by atomic mass is 10.1. The van der Waals surface area contributed by atoms with Gasteiger partial charge in [0.15, 0.2) is 11.9 Å². The third-order valence-electron chi connectivity index (χ3n) is 4.46. The summed E-state index contributed by atoms with van der Waals surface area (Å²) in [5.41, 5.74) is 1.31. The number of fused-ring (bicyclic) bond motifs is 1. The van der Waals surface area contributed by atoms with Gasteiger partial charge in [0.2, 0.25) is 0 Å². The van der Waals surface area contributed by atoms with E-state index in [4.69, 9.17) is 9.15 Å². The molecule has 1 aliphatic heterocycles. The molecule has 4 rings (SSSR count). The highest BCUT2D eigenvalue weighted by atomic mass is 19.1. The standard InChI is InChI=1S/C21H17FN2O4/c1-13-21(26)24(12-14-5-2-3-6-16(14)22)17-11-15(8-9-18(17)28-13)23-20(25)19-7-4-10-27-19/h2-11,13H,12H2,1H3,(H,23,25). The van der Waals surface area contributed by atoms with Crippen LogP contribution in [-0.4, -0.2) is 17.9 Å². The minimum atomic E-state index is -0.692. The second-order valence-electron chi connectivity index (χ2n) is 6.39. The molecule has 0 saturated carbocycles. The van der Waals surface area contributed by atoms with Gasteiger partial charge < -0.3 is 19.4 Å². The van der Waals surface area contributed by atoms with Crippen LogP contribution in [-0.2, 0) is 11.3 Å². The summed E-state index contributed by atoms with van der Waals surface area (Å²) >= 11 is 0. The molecule has 2 amide bonds. The average molecular weight is 380 g/mol. The van der Waals surface area contributed by atoms with Crippen LogP contribution >= 0.6 is 0 Å². The number of ether oxygens (including phenoxy) is 1. The predicted octanol–water partition coefficient (Wildman–Crippen LogP) is 3.99. The smallest absolute Gasteiger partial charge is 0.291 e. The van der Waals surface area contributed by atoms with Gasteiger partial charge in [0.25, 0.3) is 11.8 Å². The zero-order chi connectivity index (χ0) is 19.7. The van der Waals surface area contributed by atoms with Gasteiger partial charge in [-0.25, -0.2) is 4.39 Å². The predicted molar refractivity (Wildman–Crippen MR) is 101 cm³/mol. The molecule has 0 saturated heterocycles. The molecule has 2 aromatic carbocycles. The Hall–Kier alpha value is -3.61. The summed E-state index contributed by atoms with van der Waals surface area (Å²) in [5, 5.41) is 2.72. The van der Waals surface area contributed by atoms with Crippen LogP contribution in [0, 0.1) is 5.82 Å². The molecule has 0 radical (unpaired) electrons. The van der Waals surface area contributed by atoms with Crippen LogP contribution < -0.4 is 15.0 Å². The molecule has 0 fully saturated rings. The number of amides is 2. The van der Waals surface area contributed by atoms with Gasteiger partial charge >= 0.3 is 0 Å². The van der Waals surface area contributed by atoms with Gasteiger partial charge in [0, 0.05) is 11.3 Å². The third kappa shape index (κ3) is 3.34. The number of furan rings is 1. The molecule has 0 bridgehead atoms. The Morgan fingerprint density at radius 3 is 2.75 bits per heavy atom. The topological polar surface area (TPSA) is 71.8 Å². The van der Waals surface area contributed by atoms with Crippen LogP contribution in [0.3, 0.4) is 0 Å². The van der Waals surface area contributed by atoms with E-state index in [0.717, 1.165) is 0 Å². The second kappa shape index (κ2) is 7.19. The Bertz CT molecular complexity index is 1030. The number of carbonyl (C=O) groups excluding carboxylic acids is 2. The zero-order valence-corrected chi connectivity index (χ0v) is 15.0. The van der Waals surface area contributed by atoms with Crippen LogP contribution in [0.2, 0.25) is 0 Å². The third-order valence-corrected chi connectivity index (χ3v) is 4.46. The fourth-order valence-electron chi connectivity index (χ4n) is 3.05. The van der Waals surface area contributed by atoms with Crippen LogP contribution in [0.4, 0.5) is 15.8 Å². The summed E-state index contributed by atoms with van der Waals surface area (Å²) in [6.07, 6.45) is 0.717. The number of hydrogen-bond donors (Lipinski definition) is 1. The van der Waals surface area contributed by atoms with Crippen molar-refractivity contribution >= 4 is 23.2 Å². The van der Waals surface area contributed by atoms with Crippen LogP contribution in [0.1, 0.15) is 23.0 Å². The van der Waals surface area contributed by atoms with Crippen LogP contribution in [0.5, 0.6) is 5.75 Å². The summed E-state index contributed by atoms with van der Waals surface area (Å²) in [5.74, 6) is -0.438.